The van der Waals surface area contributed by atoms with Crippen LogP contribution in [-0.4, -0.2) is 27.1 Å². The van der Waals surface area contributed by atoms with E-state index in [0.717, 1.165) is 11.1 Å². The van der Waals surface area contributed by atoms with Gasteiger partial charge in [0.1, 0.15) is 5.75 Å². The third-order valence-corrected chi connectivity index (χ3v) is 3.79. The molecule has 0 saturated heterocycles. The number of aromatic nitrogens is 2. The normalized spacial score (nSPS) is 10.9. The van der Waals surface area contributed by atoms with E-state index in [9.17, 15) is 9.90 Å². The van der Waals surface area contributed by atoms with E-state index in [1.54, 1.807) is 18.2 Å². The Labute approximate surface area is 149 Å². The Morgan fingerprint density at radius 3 is 2.56 bits per heavy atom. The summed E-state index contributed by atoms with van der Waals surface area (Å²) in [5, 5.41) is 15.2. The van der Waals surface area contributed by atoms with Crippen molar-refractivity contribution in [2.75, 3.05) is 5.32 Å². The molecule has 7 heteroatoms. The molecule has 0 aliphatic heterocycles. The van der Waals surface area contributed by atoms with Crippen LogP contribution in [-0.2, 0) is 0 Å². The maximum absolute atomic E-state index is 11.8. The molecule has 6 nitrogen and oxygen atoms in total. The lowest BCUT2D eigenvalue weighted by Crippen LogP contribution is -2.34. The fourth-order valence-electron chi connectivity index (χ4n) is 2.35. The minimum Gasteiger partial charge on any atom is -0.506 e. The molecule has 2 aromatic carbocycles. The van der Waals surface area contributed by atoms with Crippen molar-refractivity contribution in [2.45, 2.75) is 19.9 Å². The maximum atomic E-state index is 11.8. The molecule has 1 aromatic heterocycles. The van der Waals surface area contributed by atoms with Gasteiger partial charge in [-0.15, -0.1) is 0 Å². The standard InChI is InChI=1S/C18H17ClN4O2/c1-10(2)21-18(25)23-17-9-20-14-5-3-12(8-15(14)22-17)11-4-6-16(24)13(19)7-11/h3-10,24H,1-2H3,(H2,21,22,23,25). The lowest BCUT2D eigenvalue weighted by molar-refractivity contribution is 0.250. The monoisotopic (exact) mass is 356 g/mol. The zero-order valence-corrected chi connectivity index (χ0v) is 14.5. The van der Waals surface area contributed by atoms with Crippen LogP contribution in [0.5, 0.6) is 5.75 Å². The van der Waals surface area contributed by atoms with Crippen LogP contribution in [0.3, 0.4) is 0 Å². The first-order chi connectivity index (χ1) is 11.9. The van der Waals surface area contributed by atoms with Crippen LogP contribution in [0.15, 0.2) is 42.6 Å². The van der Waals surface area contributed by atoms with Gasteiger partial charge in [-0.2, -0.15) is 0 Å². The first-order valence-corrected chi connectivity index (χ1v) is 8.13. The molecular formula is C18H17ClN4O2. The summed E-state index contributed by atoms with van der Waals surface area (Å²) in [5.74, 6) is 0.403. The topological polar surface area (TPSA) is 87.1 Å². The molecule has 3 rings (SSSR count). The van der Waals surface area contributed by atoms with Crippen LogP contribution >= 0.6 is 11.6 Å². The summed E-state index contributed by atoms with van der Waals surface area (Å²) in [6, 6.07) is 10.3. The van der Waals surface area contributed by atoms with Crippen molar-refractivity contribution in [3.63, 3.8) is 0 Å². The highest BCUT2D eigenvalue weighted by atomic mass is 35.5. The number of carbonyl (C=O) groups is 1. The number of amides is 2. The molecule has 2 amide bonds. The van der Waals surface area contributed by atoms with Gasteiger partial charge in [-0.1, -0.05) is 23.7 Å². The van der Waals surface area contributed by atoms with Gasteiger partial charge in [-0.05, 0) is 49.2 Å². The van der Waals surface area contributed by atoms with Crippen LogP contribution < -0.4 is 10.6 Å². The van der Waals surface area contributed by atoms with E-state index in [1.807, 2.05) is 32.0 Å². The van der Waals surface area contributed by atoms with Crippen molar-refractivity contribution in [1.29, 1.82) is 0 Å². The van der Waals surface area contributed by atoms with E-state index in [4.69, 9.17) is 11.6 Å². The Morgan fingerprint density at radius 1 is 1.12 bits per heavy atom. The molecule has 0 aliphatic rings. The van der Waals surface area contributed by atoms with Crippen LogP contribution in [0, 0.1) is 0 Å². The van der Waals surface area contributed by atoms with E-state index in [1.165, 1.54) is 6.20 Å². The van der Waals surface area contributed by atoms with E-state index in [2.05, 4.69) is 20.6 Å². The average Bonchev–Trinajstić information content (AvgIpc) is 2.56. The fraction of sp³-hybridized carbons (Fsp3) is 0.167. The molecule has 0 bridgehead atoms. The first-order valence-electron chi connectivity index (χ1n) is 7.75. The molecular weight excluding hydrogens is 340 g/mol. The minimum atomic E-state index is -0.329. The number of anilines is 1. The Hall–Kier alpha value is -2.86. The lowest BCUT2D eigenvalue weighted by Gasteiger charge is -2.10. The second kappa shape index (κ2) is 6.94. The van der Waals surface area contributed by atoms with Crippen molar-refractivity contribution in [3.05, 3.63) is 47.6 Å². The number of benzene rings is 2. The van der Waals surface area contributed by atoms with Crippen molar-refractivity contribution in [1.82, 2.24) is 15.3 Å². The maximum Gasteiger partial charge on any atom is 0.320 e. The number of nitrogens with one attached hydrogen (secondary N) is 2. The second-order valence-electron chi connectivity index (χ2n) is 5.88. The van der Waals surface area contributed by atoms with E-state index in [0.29, 0.717) is 16.9 Å². The molecule has 128 valence electrons. The number of nitrogens with zero attached hydrogens (tertiary/aromatic N) is 2. The van der Waals surface area contributed by atoms with Gasteiger partial charge in [0, 0.05) is 6.04 Å². The van der Waals surface area contributed by atoms with E-state index < -0.39 is 0 Å². The number of fused-ring (bicyclic) bond motifs is 1. The molecule has 0 atom stereocenters. The molecule has 1 heterocycles. The summed E-state index contributed by atoms with van der Waals surface area (Å²) < 4.78 is 0. The van der Waals surface area contributed by atoms with Crippen LogP contribution in [0.1, 0.15) is 13.8 Å². The lowest BCUT2D eigenvalue weighted by atomic mass is 10.0. The zero-order chi connectivity index (χ0) is 18.0. The summed E-state index contributed by atoms with van der Waals surface area (Å²) in [5.41, 5.74) is 3.09. The minimum absolute atomic E-state index is 0.0271. The third kappa shape index (κ3) is 3.97. The largest absolute Gasteiger partial charge is 0.506 e. The number of hydrogen-bond acceptors (Lipinski definition) is 4. The number of phenols is 1. The summed E-state index contributed by atoms with van der Waals surface area (Å²) in [6.45, 7) is 3.75. The number of urea groups is 1. The molecule has 0 unspecified atom stereocenters. The number of phenolic OH excluding ortho intramolecular Hbond substituents is 1. The van der Waals surface area contributed by atoms with E-state index in [-0.39, 0.29) is 22.8 Å². The Kier molecular flexibility index (Phi) is 4.72. The number of carbonyl (C=O) groups excluding carboxylic acids is 1. The Morgan fingerprint density at radius 2 is 1.84 bits per heavy atom. The summed E-state index contributed by atoms with van der Waals surface area (Å²) in [4.78, 5) is 20.5. The van der Waals surface area contributed by atoms with Gasteiger partial charge in [0.15, 0.2) is 5.82 Å². The van der Waals surface area contributed by atoms with Gasteiger partial charge < -0.3 is 10.4 Å². The highest BCUT2D eigenvalue weighted by Crippen LogP contribution is 2.30. The molecule has 0 fully saturated rings. The molecule has 0 radical (unpaired) electrons. The quantitative estimate of drug-likeness (QED) is 0.656. The van der Waals surface area contributed by atoms with Crippen LogP contribution in [0.25, 0.3) is 22.2 Å². The molecule has 3 aromatic rings. The Balaban J connectivity index is 1.93. The van der Waals surface area contributed by atoms with Gasteiger partial charge in [-0.25, -0.2) is 9.78 Å². The predicted molar refractivity (Wildman–Crippen MR) is 98.9 cm³/mol. The fourth-order valence-corrected chi connectivity index (χ4v) is 2.53. The number of aromatic hydroxyl groups is 1. The second-order valence-corrected chi connectivity index (χ2v) is 6.29. The molecule has 3 N–H and O–H groups in total. The van der Waals surface area contributed by atoms with Gasteiger partial charge in [0.25, 0.3) is 0 Å². The van der Waals surface area contributed by atoms with Crippen LogP contribution in [0.4, 0.5) is 10.6 Å². The molecule has 0 aliphatic carbocycles. The van der Waals surface area contributed by atoms with Crippen molar-refractivity contribution < 1.29 is 9.90 Å². The van der Waals surface area contributed by atoms with Gasteiger partial charge in [0.05, 0.1) is 22.3 Å². The number of halogens is 1. The van der Waals surface area contributed by atoms with Gasteiger partial charge in [0.2, 0.25) is 0 Å². The van der Waals surface area contributed by atoms with Crippen molar-refractivity contribution >= 4 is 34.5 Å². The highest BCUT2D eigenvalue weighted by molar-refractivity contribution is 6.32. The third-order valence-electron chi connectivity index (χ3n) is 3.48. The number of hydrogen-bond donors (Lipinski definition) is 3. The summed E-state index contributed by atoms with van der Waals surface area (Å²) >= 11 is 5.97. The zero-order valence-electron chi connectivity index (χ0n) is 13.7. The van der Waals surface area contributed by atoms with Gasteiger partial charge in [-0.3, -0.25) is 10.3 Å². The average molecular weight is 357 g/mol. The van der Waals surface area contributed by atoms with E-state index >= 15 is 0 Å². The number of rotatable bonds is 3. The molecule has 0 spiro atoms. The molecule has 25 heavy (non-hydrogen) atoms. The van der Waals surface area contributed by atoms with Gasteiger partial charge >= 0.3 is 6.03 Å². The predicted octanol–water partition coefficient (Wildman–Crippen LogP) is 4.19. The van der Waals surface area contributed by atoms with Crippen LogP contribution in [0.2, 0.25) is 5.02 Å². The SMILES string of the molecule is CC(C)NC(=O)Nc1cnc2ccc(-c3ccc(O)c(Cl)c3)cc2n1. The van der Waals surface area contributed by atoms with Crippen molar-refractivity contribution in [3.8, 4) is 16.9 Å². The first kappa shape index (κ1) is 17.0. The highest BCUT2D eigenvalue weighted by Gasteiger charge is 2.08. The smallest absolute Gasteiger partial charge is 0.320 e. The Bertz CT molecular complexity index is 944. The molecule has 0 saturated carbocycles. The summed E-state index contributed by atoms with van der Waals surface area (Å²) in [7, 11) is 0. The summed E-state index contributed by atoms with van der Waals surface area (Å²) in [6.07, 6.45) is 1.51. The van der Waals surface area contributed by atoms with Crippen molar-refractivity contribution in [2.24, 2.45) is 0 Å².